The van der Waals surface area contributed by atoms with E-state index in [1.165, 1.54) is 0 Å². The summed E-state index contributed by atoms with van der Waals surface area (Å²) in [5.74, 6) is -0.979. The molecule has 3 N–H and O–H groups in total. The number of benzene rings is 1. The van der Waals surface area contributed by atoms with Crippen LogP contribution in [0.3, 0.4) is 0 Å². The summed E-state index contributed by atoms with van der Waals surface area (Å²) < 4.78 is 0.912. The molecule has 1 aromatic carbocycles. The van der Waals surface area contributed by atoms with Crippen LogP contribution in [0.4, 0.5) is 5.69 Å². The van der Waals surface area contributed by atoms with Crippen LogP contribution >= 0.6 is 15.9 Å². The van der Waals surface area contributed by atoms with Gasteiger partial charge in [0.05, 0.1) is 0 Å². The third-order valence-corrected chi connectivity index (χ3v) is 5.16. The molecule has 6 heteroatoms. The lowest BCUT2D eigenvalue weighted by Crippen LogP contribution is -2.51. The summed E-state index contributed by atoms with van der Waals surface area (Å²) >= 11 is 3.40. The van der Waals surface area contributed by atoms with Crippen molar-refractivity contribution in [1.82, 2.24) is 5.32 Å². The average molecular weight is 382 g/mol. The standard InChI is InChI=1S/C17H24BrN3O2/c1-3-17(19,4-2)11-20-15(22)14-8-9-21(16(14)23)13-7-5-6-12(18)10-13/h5-7,10,14H,3-4,8-9,11,19H2,1-2H3,(H,20,22). The van der Waals surface area contributed by atoms with E-state index in [0.29, 0.717) is 19.5 Å². The number of anilines is 1. The maximum Gasteiger partial charge on any atom is 0.239 e. The summed E-state index contributed by atoms with van der Waals surface area (Å²) in [5, 5.41) is 2.86. The Kier molecular flexibility index (Phi) is 5.81. The number of rotatable bonds is 6. The molecule has 126 valence electrons. The normalized spacial score (nSPS) is 18.3. The van der Waals surface area contributed by atoms with E-state index in [-0.39, 0.29) is 11.8 Å². The first-order valence-corrected chi connectivity index (χ1v) is 8.83. The van der Waals surface area contributed by atoms with Crippen LogP contribution in [0.2, 0.25) is 0 Å². The molecule has 1 atom stereocenters. The molecule has 23 heavy (non-hydrogen) atoms. The molecule has 0 bridgehead atoms. The molecule has 0 aliphatic carbocycles. The maximum atomic E-state index is 12.5. The van der Waals surface area contributed by atoms with Crippen LogP contribution in [-0.2, 0) is 9.59 Å². The van der Waals surface area contributed by atoms with Crippen LogP contribution in [-0.4, -0.2) is 30.4 Å². The van der Waals surface area contributed by atoms with Gasteiger partial charge in [-0.05, 0) is 37.5 Å². The molecule has 5 nitrogen and oxygen atoms in total. The number of carbonyl (C=O) groups is 2. The molecule has 1 heterocycles. The smallest absolute Gasteiger partial charge is 0.239 e. The van der Waals surface area contributed by atoms with E-state index in [1.54, 1.807) is 4.90 Å². The van der Waals surface area contributed by atoms with Gasteiger partial charge < -0.3 is 16.0 Å². The van der Waals surface area contributed by atoms with Gasteiger partial charge in [0.15, 0.2) is 0 Å². The molecular weight excluding hydrogens is 358 g/mol. The zero-order valence-electron chi connectivity index (χ0n) is 13.6. The molecule has 2 amide bonds. The molecule has 1 aliphatic heterocycles. The Morgan fingerprint density at radius 1 is 1.43 bits per heavy atom. The van der Waals surface area contributed by atoms with Crippen molar-refractivity contribution >= 4 is 33.4 Å². The molecule has 1 fully saturated rings. The summed E-state index contributed by atoms with van der Waals surface area (Å²) in [7, 11) is 0. The minimum absolute atomic E-state index is 0.142. The highest BCUT2D eigenvalue weighted by molar-refractivity contribution is 9.10. The van der Waals surface area contributed by atoms with Gasteiger partial charge in [0.1, 0.15) is 5.92 Å². The van der Waals surface area contributed by atoms with Crippen molar-refractivity contribution < 1.29 is 9.59 Å². The van der Waals surface area contributed by atoms with Gasteiger partial charge in [-0.3, -0.25) is 9.59 Å². The number of nitrogens with zero attached hydrogens (tertiary/aromatic N) is 1. The van der Waals surface area contributed by atoms with E-state index < -0.39 is 11.5 Å². The highest BCUT2D eigenvalue weighted by atomic mass is 79.9. The highest BCUT2D eigenvalue weighted by Crippen LogP contribution is 2.27. The molecular formula is C17H24BrN3O2. The van der Waals surface area contributed by atoms with Crippen molar-refractivity contribution in [3.05, 3.63) is 28.7 Å². The fourth-order valence-electron chi connectivity index (χ4n) is 2.71. The lowest BCUT2D eigenvalue weighted by atomic mass is 9.94. The van der Waals surface area contributed by atoms with E-state index in [9.17, 15) is 9.59 Å². The minimum Gasteiger partial charge on any atom is -0.354 e. The minimum atomic E-state index is -0.619. The Bertz CT molecular complexity index is 587. The fourth-order valence-corrected chi connectivity index (χ4v) is 3.10. The van der Waals surface area contributed by atoms with Gasteiger partial charge in [-0.2, -0.15) is 0 Å². The van der Waals surface area contributed by atoms with E-state index in [1.807, 2.05) is 38.1 Å². The summed E-state index contributed by atoms with van der Waals surface area (Å²) in [6.45, 7) is 4.97. The lowest BCUT2D eigenvalue weighted by molar-refractivity contribution is -0.132. The van der Waals surface area contributed by atoms with Crippen LogP contribution in [0.5, 0.6) is 0 Å². The number of hydrogen-bond donors (Lipinski definition) is 2. The first kappa shape index (κ1) is 17.9. The number of nitrogens with one attached hydrogen (secondary N) is 1. The Balaban J connectivity index is 2.00. The number of carbonyl (C=O) groups excluding carboxylic acids is 2. The van der Waals surface area contributed by atoms with Gasteiger partial charge in [0.2, 0.25) is 11.8 Å². The zero-order chi connectivity index (χ0) is 17.0. The monoisotopic (exact) mass is 381 g/mol. The number of hydrogen-bond acceptors (Lipinski definition) is 3. The Labute approximate surface area is 145 Å². The molecule has 2 rings (SSSR count). The summed E-state index contributed by atoms with van der Waals surface area (Å²) in [6.07, 6.45) is 2.10. The largest absolute Gasteiger partial charge is 0.354 e. The molecule has 1 saturated heterocycles. The summed E-state index contributed by atoms with van der Waals surface area (Å²) in [6, 6.07) is 7.55. The van der Waals surface area contributed by atoms with Crippen molar-refractivity contribution in [2.75, 3.05) is 18.0 Å². The van der Waals surface area contributed by atoms with Gasteiger partial charge in [-0.1, -0.05) is 35.8 Å². The fraction of sp³-hybridized carbons (Fsp3) is 0.529. The molecule has 0 aromatic heterocycles. The van der Waals surface area contributed by atoms with Crippen LogP contribution in [0.25, 0.3) is 0 Å². The highest BCUT2D eigenvalue weighted by Gasteiger charge is 2.38. The third kappa shape index (κ3) is 4.12. The van der Waals surface area contributed by atoms with Crippen molar-refractivity contribution in [2.24, 2.45) is 11.7 Å². The number of nitrogens with two attached hydrogens (primary N) is 1. The number of halogens is 1. The Morgan fingerprint density at radius 2 is 2.13 bits per heavy atom. The Hall–Kier alpha value is -1.40. The molecule has 1 aliphatic rings. The van der Waals surface area contributed by atoms with Crippen LogP contribution in [0.15, 0.2) is 28.7 Å². The van der Waals surface area contributed by atoms with E-state index in [4.69, 9.17) is 5.73 Å². The van der Waals surface area contributed by atoms with Gasteiger partial charge >= 0.3 is 0 Å². The van der Waals surface area contributed by atoms with E-state index in [0.717, 1.165) is 23.0 Å². The van der Waals surface area contributed by atoms with Gasteiger partial charge in [0, 0.05) is 28.8 Å². The second-order valence-corrected chi connectivity index (χ2v) is 7.01. The van der Waals surface area contributed by atoms with Gasteiger partial charge in [0.25, 0.3) is 0 Å². The van der Waals surface area contributed by atoms with Crippen molar-refractivity contribution in [3.63, 3.8) is 0 Å². The van der Waals surface area contributed by atoms with Gasteiger partial charge in [-0.25, -0.2) is 0 Å². The van der Waals surface area contributed by atoms with Crippen LogP contribution in [0, 0.1) is 5.92 Å². The summed E-state index contributed by atoms with van der Waals surface area (Å²) in [4.78, 5) is 26.6. The molecule has 0 radical (unpaired) electrons. The SMILES string of the molecule is CCC(N)(CC)CNC(=O)C1CCN(c2cccc(Br)c2)C1=O. The molecule has 1 aromatic rings. The summed E-state index contributed by atoms with van der Waals surface area (Å²) in [5.41, 5.74) is 6.61. The lowest BCUT2D eigenvalue weighted by Gasteiger charge is -2.27. The maximum absolute atomic E-state index is 12.5. The first-order chi connectivity index (χ1) is 10.9. The third-order valence-electron chi connectivity index (χ3n) is 4.66. The van der Waals surface area contributed by atoms with E-state index >= 15 is 0 Å². The van der Waals surface area contributed by atoms with Gasteiger partial charge in [-0.15, -0.1) is 0 Å². The molecule has 0 spiro atoms. The average Bonchev–Trinajstić information content (AvgIpc) is 2.94. The zero-order valence-corrected chi connectivity index (χ0v) is 15.2. The quantitative estimate of drug-likeness (QED) is 0.742. The van der Waals surface area contributed by atoms with Crippen LogP contribution in [0.1, 0.15) is 33.1 Å². The molecule has 1 unspecified atom stereocenters. The Morgan fingerprint density at radius 3 is 2.74 bits per heavy atom. The van der Waals surface area contributed by atoms with E-state index in [2.05, 4.69) is 21.2 Å². The number of amides is 2. The topological polar surface area (TPSA) is 75.4 Å². The predicted molar refractivity (Wildman–Crippen MR) is 95.1 cm³/mol. The molecule has 0 saturated carbocycles. The second-order valence-electron chi connectivity index (χ2n) is 6.10. The van der Waals surface area contributed by atoms with Crippen molar-refractivity contribution in [1.29, 1.82) is 0 Å². The van der Waals surface area contributed by atoms with Crippen LogP contribution < -0.4 is 16.0 Å². The second kappa shape index (κ2) is 7.45. The predicted octanol–water partition coefficient (Wildman–Crippen LogP) is 2.44. The van der Waals surface area contributed by atoms with Crippen molar-refractivity contribution in [3.8, 4) is 0 Å². The van der Waals surface area contributed by atoms with Crippen molar-refractivity contribution in [2.45, 2.75) is 38.6 Å². The first-order valence-electron chi connectivity index (χ1n) is 8.03.